The lowest BCUT2D eigenvalue weighted by atomic mass is 9.95. The molecule has 4 heteroatoms. The van der Waals surface area contributed by atoms with E-state index < -0.39 is 0 Å². The lowest BCUT2D eigenvalue weighted by Crippen LogP contribution is -2.44. The zero-order valence-corrected chi connectivity index (χ0v) is 13.8. The summed E-state index contributed by atoms with van der Waals surface area (Å²) in [5.74, 6) is 1.47. The third-order valence-corrected chi connectivity index (χ3v) is 5.74. The van der Waals surface area contributed by atoms with Gasteiger partial charge in [-0.2, -0.15) is 0 Å². The van der Waals surface area contributed by atoms with Gasteiger partial charge in [0.1, 0.15) is 0 Å². The maximum Gasteiger partial charge on any atom is 0.248 e. The van der Waals surface area contributed by atoms with Crippen molar-refractivity contribution in [3.63, 3.8) is 0 Å². The summed E-state index contributed by atoms with van der Waals surface area (Å²) in [5, 5.41) is 0. The summed E-state index contributed by atoms with van der Waals surface area (Å²) in [7, 11) is 0. The van der Waals surface area contributed by atoms with E-state index in [-0.39, 0.29) is 5.91 Å². The molecular formula is C19H27N3O. The van der Waals surface area contributed by atoms with Crippen molar-refractivity contribution in [2.45, 2.75) is 38.3 Å². The molecule has 124 valence electrons. The number of fused-ring (bicyclic) bond motifs is 4. The summed E-state index contributed by atoms with van der Waals surface area (Å²) in [6.45, 7) is 6.04. The largest absolute Gasteiger partial charge is 0.366 e. The van der Waals surface area contributed by atoms with Crippen molar-refractivity contribution in [1.29, 1.82) is 0 Å². The van der Waals surface area contributed by atoms with Gasteiger partial charge in [0.25, 0.3) is 0 Å². The van der Waals surface area contributed by atoms with Crippen LogP contribution in [0.15, 0.2) is 24.3 Å². The predicted octanol–water partition coefficient (Wildman–Crippen LogP) is 2.09. The number of carbonyl (C=O) groups excluding carboxylic acids is 1. The Kier molecular flexibility index (Phi) is 4.12. The van der Waals surface area contributed by atoms with Crippen molar-refractivity contribution in [2.75, 3.05) is 26.2 Å². The fourth-order valence-electron chi connectivity index (χ4n) is 4.29. The standard InChI is InChI=1S/C19H27N3O/c20-19(23)17-6-3-14(4-7-17)9-21-10-16-5-8-18(13-21)22(12-16)11-15-1-2-15/h3-4,6-7,15-16,18H,1-2,5,8-13H2,(H2,20,23)/t16-,18+/m1/s1. The van der Waals surface area contributed by atoms with Crippen molar-refractivity contribution < 1.29 is 4.79 Å². The van der Waals surface area contributed by atoms with E-state index in [1.54, 1.807) is 0 Å². The number of benzene rings is 1. The van der Waals surface area contributed by atoms with Crippen LogP contribution in [-0.4, -0.2) is 47.9 Å². The van der Waals surface area contributed by atoms with Gasteiger partial charge < -0.3 is 5.73 Å². The molecule has 0 radical (unpaired) electrons. The number of hydrogen-bond acceptors (Lipinski definition) is 3. The predicted molar refractivity (Wildman–Crippen MR) is 91.0 cm³/mol. The van der Waals surface area contributed by atoms with Crippen LogP contribution in [0.5, 0.6) is 0 Å². The third kappa shape index (κ3) is 3.59. The Hall–Kier alpha value is -1.39. The Morgan fingerprint density at radius 3 is 2.52 bits per heavy atom. The number of rotatable bonds is 5. The minimum atomic E-state index is -0.347. The van der Waals surface area contributed by atoms with Crippen LogP contribution in [0, 0.1) is 11.8 Å². The zero-order chi connectivity index (χ0) is 15.8. The van der Waals surface area contributed by atoms with Gasteiger partial charge in [0.15, 0.2) is 0 Å². The third-order valence-electron chi connectivity index (χ3n) is 5.74. The molecule has 2 N–H and O–H groups in total. The zero-order valence-electron chi connectivity index (χ0n) is 13.8. The summed E-state index contributed by atoms with van der Waals surface area (Å²) in [4.78, 5) is 16.6. The Morgan fingerprint density at radius 2 is 1.83 bits per heavy atom. The van der Waals surface area contributed by atoms with E-state index in [0.29, 0.717) is 5.56 Å². The molecule has 1 aliphatic carbocycles. The van der Waals surface area contributed by atoms with Gasteiger partial charge in [-0.25, -0.2) is 0 Å². The highest BCUT2D eigenvalue weighted by molar-refractivity contribution is 5.92. The van der Waals surface area contributed by atoms with Gasteiger partial charge in [0, 0.05) is 44.3 Å². The first-order chi connectivity index (χ1) is 11.2. The number of hydrogen-bond donors (Lipinski definition) is 1. The quantitative estimate of drug-likeness (QED) is 0.905. The fraction of sp³-hybridized carbons (Fsp3) is 0.632. The van der Waals surface area contributed by atoms with Crippen molar-refractivity contribution in [2.24, 2.45) is 17.6 Å². The minimum absolute atomic E-state index is 0.347. The molecule has 0 spiro atoms. The molecule has 5 rings (SSSR count). The van der Waals surface area contributed by atoms with Gasteiger partial charge in [0.05, 0.1) is 0 Å². The minimum Gasteiger partial charge on any atom is -0.366 e. The van der Waals surface area contributed by atoms with E-state index in [9.17, 15) is 4.79 Å². The molecule has 4 aliphatic rings. The van der Waals surface area contributed by atoms with Crippen LogP contribution in [0.1, 0.15) is 41.6 Å². The van der Waals surface area contributed by atoms with Crippen molar-refractivity contribution in [3.8, 4) is 0 Å². The molecule has 2 atom stereocenters. The molecule has 3 saturated heterocycles. The summed E-state index contributed by atoms with van der Waals surface area (Å²) >= 11 is 0. The highest BCUT2D eigenvalue weighted by Crippen LogP contribution is 2.35. The summed E-state index contributed by atoms with van der Waals surface area (Å²) in [6.07, 6.45) is 5.66. The number of piperidine rings is 1. The Labute approximate surface area is 138 Å². The van der Waals surface area contributed by atoms with Crippen LogP contribution in [0.3, 0.4) is 0 Å². The highest BCUT2D eigenvalue weighted by Gasteiger charge is 2.37. The highest BCUT2D eigenvalue weighted by atomic mass is 16.1. The van der Waals surface area contributed by atoms with Gasteiger partial charge in [-0.1, -0.05) is 12.1 Å². The van der Waals surface area contributed by atoms with E-state index in [1.807, 2.05) is 12.1 Å². The Morgan fingerprint density at radius 1 is 1.04 bits per heavy atom. The topological polar surface area (TPSA) is 49.6 Å². The summed E-state index contributed by atoms with van der Waals surface area (Å²) in [5.41, 5.74) is 7.20. The molecule has 4 nitrogen and oxygen atoms in total. The van der Waals surface area contributed by atoms with Crippen molar-refractivity contribution in [3.05, 3.63) is 35.4 Å². The first-order valence-corrected chi connectivity index (χ1v) is 9.02. The molecule has 0 unspecified atom stereocenters. The molecule has 3 aliphatic heterocycles. The second-order valence-electron chi connectivity index (χ2n) is 7.75. The Balaban J connectivity index is 1.40. The molecule has 0 aromatic heterocycles. The van der Waals surface area contributed by atoms with Crippen LogP contribution in [0.25, 0.3) is 0 Å². The van der Waals surface area contributed by atoms with Gasteiger partial charge >= 0.3 is 0 Å². The van der Waals surface area contributed by atoms with Crippen LogP contribution in [0.4, 0.5) is 0 Å². The van der Waals surface area contributed by atoms with Crippen LogP contribution in [-0.2, 0) is 6.54 Å². The summed E-state index contributed by atoms with van der Waals surface area (Å²) in [6, 6.07) is 8.55. The van der Waals surface area contributed by atoms with Crippen LogP contribution in [0.2, 0.25) is 0 Å². The van der Waals surface area contributed by atoms with E-state index >= 15 is 0 Å². The number of primary amides is 1. The number of nitrogens with two attached hydrogens (primary N) is 1. The molecule has 23 heavy (non-hydrogen) atoms. The molecule has 1 aromatic rings. The molecule has 2 bridgehead atoms. The SMILES string of the molecule is NC(=O)c1ccc(CN2C[C@H]3CC[C@@H](C2)N(CC2CC2)C3)cc1. The normalized spacial score (nSPS) is 28.7. The average Bonchev–Trinajstić information content (AvgIpc) is 3.36. The first kappa shape index (κ1) is 15.2. The lowest BCUT2D eigenvalue weighted by Gasteiger charge is -2.36. The molecule has 1 amide bonds. The van der Waals surface area contributed by atoms with Gasteiger partial charge in [-0.15, -0.1) is 0 Å². The van der Waals surface area contributed by atoms with Crippen LogP contribution >= 0.6 is 0 Å². The van der Waals surface area contributed by atoms with E-state index in [1.165, 1.54) is 57.4 Å². The molecule has 3 heterocycles. The number of carbonyl (C=O) groups is 1. The monoisotopic (exact) mass is 313 g/mol. The van der Waals surface area contributed by atoms with Crippen molar-refractivity contribution >= 4 is 5.91 Å². The maximum atomic E-state index is 11.2. The lowest BCUT2D eigenvalue weighted by molar-refractivity contribution is 0.100. The molecule has 1 aromatic carbocycles. The van der Waals surface area contributed by atoms with E-state index in [2.05, 4.69) is 21.9 Å². The van der Waals surface area contributed by atoms with E-state index in [0.717, 1.165) is 24.4 Å². The fourth-order valence-corrected chi connectivity index (χ4v) is 4.29. The molecular weight excluding hydrogens is 286 g/mol. The average molecular weight is 313 g/mol. The van der Waals surface area contributed by atoms with Crippen molar-refractivity contribution in [1.82, 2.24) is 9.80 Å². The van der Waals surface area contributed by atoms with E-state index in [4.69, 9.17) is 5.73 Å². The second kappa shape index (κ2) is 6.25. The summed E-state index contributed by atoms with van der Waals surface area (Å²) < 4.78 is 0. The smallest absolute Gasteiger partial charge is 0.248 e. The van der Waals surface area contributed by atoms with Gasteiger partial charge in [-0.05, 0) is 55.2 Å². The van der Waals surface area contributed by atoms with Gasteiger partial charge in [-0.3, -0.25) is 14.6 Å². The molecule has 4 fully saturated rings. The first-order valence-electron chi connectivity index (χ1n) is 9.02. The maximum absolute atomic E-state index is 11.2. The van der Waals surface area contributed by atoms with Gasteiger partial charge in [0.2, 0.25) is 5.91 Å². The second-order valence-corrected chi connectivity index (χ2v) is 7.75. The molecule has 1 saturated carbocycles. The van der Waals surface area contributed by atoms with Crippen LogP contribution < -0.4 is 5.73 Å². The Bertz CT molecular complexity index is 566. The number of nitrogens with zero attached hydrogens (tertiary/aromatic N) is 2. The number of amides is 1.